The summed E-state index contributed by atoms with van der Waals surface area (Å²) in [6.45, 7) is 3.78. The average Bonchev–Trinajstić information content (AvgIpc) is 3.68. The Hall–Kier alpha value is -3.18. The molecule has 5 nitrogen and oxygen atoms in total. The van der Waals surface area contributed by atoms with E-state index in [9.17, 15) is 4.79 Å². The largest absolute Gasteiger partial charge is 0.492 e. The van der Waals surface area contributed by atoms with Crippen molar-refractivity contribution in [3.8, 4) is 5.75 Å². The number of rotatable bonds is 7. The van der Waals surface area contributed by atoms with E-state index in [2.05, 4.69) is 41.5 Å². The first-order valence-electron chi connectivity index (χ1n) is 13.4. The second-order valence-electron chi connectivity index (χ2n) is 10.8. The Morgan fingerprint density at radius 2 is 2.08 bits per heavy atom. The zero-order valence-corrected chi connectivity index (χ0v) is 21.3. The van der Waals surface area contributed by atoms with Crippen molar-refractivity contribution in [3.63, 3.8) is 0 Å². The first kappa shape index (κ1) is 23.2. The van der Waals surface area contributed by atoms with Crippen LogP contribution in [0.3, 0.4) is 0 Å². The first-order valence-corrected chi connectivity index (χ1v) is 13.4. The molecule has 1 aromatic heterocycles. The molecule has 6 rings (SSSR count). The van der Waals surface area contributed by atoms with Crippen LogP contribution in [0.4, 0.5) is 0 Å². The third-order valence-corrected chi connectivity index (χ3v) is 8.34. The summed E-state index contributed by atoms with van der Waals surface area (Å²) in [5, 5.41) is 4.57. The summed E-state index contributed by atoms with van der Waals surface area (Å²) in [7, 11) is 2.12. The molecule has 1 aliphatic heterocycles. The molecule has 36 heavy (non-hydrogen) atoms. The fourth-order valence-corrected chi connectivity index (χ4v) is 5.64. The maximum Gasteiger partial charge on any atom is 0.252 e. The van der Waals surface area contributed by atoms with Crippen LogP contribution in [-0.2, 0) is 5.54 Å². The lowest BCUT2D eigenvalue weighted by Crippen LogP contribution is -2.48. The molecule has 0 bridgehead atoms. The van der Waals surface area contributed by atoms with Gasteiger partial charge in [0.1, 0.15) is 12.4 Å². The highest BCUT2D eigenvalue weighted by molar-refractivity contribution is 5.97. The number of aryl methyl sites for hydroxylation is 1. The summed E-state index contributed by atoms with van der Waals surface area (Å²) in [6.07, 6.45) is 12.0. The zero-order valence-electron chi connectivity index (χ0n) is 21.3. The molecular formula is C31H35N3O2. The lowest BCUT2D eigenvalue weighted by Gasteiger charge is -2.37. The molecule has 1 N–H and O–H groups in total. The van der Waals surface area contributed by atoms with Crippen LogP contribution in [0.25, 0.3) is 16.5 Å². The third kappa shape index (κ3) is 4.41. The number of fused-ring (bicyclic) bond motifs is 1. The normalized spacial score (nSPS) is 20.9. The molecular weight excluding hydrogens is 446 g/mol. The van der Waals surface area contributed by atoms with Gasteiger partial charge in [-0.15, -0.1) is 0 Å². The quantitative estimate of drug-likeness (QED) is 0.450. The number of hydrogen-bond acceptors (Lipinski definition) is 4. The van der Waals surface area contributed by atoms with Crippen molar-refractivity contribution in [2.75, 3.05) is 20.2 Å². The minimum Gasteiger partial charge on any atom is -0.492 e. The van der Waals surface area contributed by atoms with Crippen LogP contribution >= 0.6 is 0 Å². The molecule has 2 aromatic carbocycles. The highest BCUT2D eigenvalue weighted by atomic mass is 16.5. The topological polar surface area (TPSA) is 54.5 Å². The van der Waals surface area contributed by atoms with E-state index in [0.717, 1.165) is 60.9 Å². The number of amides is 1. The number of hydrogen-bond donors (Lipinski definition) is 1. The summed E-state index contributed by atoms with van der Waals surface area (Å²) in [5.41, 5.74) is 6.17. The van der Waals surface area contributed by atoms with Gasteiger partial charge in [0, 0.05) is 23.2 Å². The number of benzene rings is 2. The van der Waals surface area contributed by atoms with Crippen molar-refractivity contribution in [2.45, 2.75) is 63.5 Å². The summed E-state index contributed by atoms with van der Waals surface area (Å²) >= 11 is 0. The molecule has 3 aliphatic rings. The Bertz CT molecular complexity index is 1340. The van der Waals surface area contributed by atoms with Crippen LogP contribution in [0.2, 0.25) is 0 Å². The summed E-state index contributed by atoms with van der Waals surface area (Å²) in [4.78, 5) is 20.6. The van der Waals surface area contributed by atoms with Gasteiger partial charge in [-0.05, 0) is 118 Å². The van der Waals surface area contributed by atoms with E-state index in [1.807, 2.05) is 37.4 Å². The van der Waals surface area contributed by atoms with Gasteiger partial charge in [-0.1, -0.05) is 18.2 Å². The van der Waals surface area contributed by atoms with Gasteiger partial charge in [0.15, 0.2) is 0 Å². The number of likely N-dealkylation sites (tertiary alicyclic amines) is 1. The van der Waals surface area contributed by atoms with E-state index < -0.39 is 0 Å². The van der Waals surface area contributed by atoms with Gasteiger partial charge in [0.25, 0.3) is 5.91 Å². The van der Waals surface area contributed by atoms with Crippen molar-refractivity contribution in [1.82, 2.24) is 15.2 Å². The summed E-state index contributed by atoms with van der Waals surface area (Å²) < 4.78 is 6.06. The predicted octanol–water partition coefficient (Wildman–Crippen LogP) is 6.00. The van der Waals surface area contributed by atoms with Crippen LogP contribution in [-0.4, -0.2) is 42.0 Å². The Morgan fingerprint density at radius 3 is 2.81 bits per heavy atom. The molecule has 0 unspecified atom stereocenters. The lowest BCUT2D eigenvalue weighted by atomic mass is 9.89. The summed E-state index contributed by atoms with van der Waals surface area (Å²) in [5.74, 6) is 0.729. The average molecular weight is 482 g/mol. The second kappa shape index (κ2) is 9.36. The number of carbonyl (C=O) groups excluding carboxylic acids is 1. The van der Waals surface area contributed by atoms with E-state index in [1.54, 1.807) is 0 Å². The Kier molecular flexibility index (Phi) is 6.04. The van der Waals surface area contributed by atoms with Crippen LogP contribution in [0, 0.1) is 6.92 Å². The minimum absolute atomic E-state index is 0.0319. The van der Waals surface area contributed by atoms with Crippen LogP contribution in [0.1, 0.15) is 72.0 Å². The van der Waals surface area contributed by atoms with Gasteiger partial charge in [-0.25, -0.2) is 0 Å². The van der Waals surface area contributed by atoms with E-state index >= 15 is 0 Å². The molecule has 0 radical (unpaired) electrons. The van der Waals surface area contributed by atoms with E-state index in [-0.39, 0.29) is 11.4 Å². The van der Waals surface area contributed by atoms with Gasteiger partial charge in [0.2, 0.25) is 0 Å². The van der Waals surface area contributed by atoms with E-state index in [1.165, 1.54) is 29.5 Å². The lowest BCUT2D eigenvalue weighted by molar-refractivity contribution is 0.0767. The van der Waals surface area contributed by atoms with Gasteiger partial charge < -0.3 is 10.1 Å². The third-order valence-electron chi connectivity index (χ3n) is 8.34. The number of carbonyl (C=O) groups is 1. The van der Waals surface area contributed by atoms with Crippen molar-refractivity contribution in [2.24, 2.45) is 0 Å². The molecule has 2 aliphatic carbocycles. The monoisotopic (exact) mass is 481 g/mol. The van der Waals surface area contributed by atoms with Crippen LogP contribution in [0.5, 0.6) is 5.75 Å². The van der Waals surface area contributed by atoms with Crippen molar-refractivity contribution >= 4 is 22.4 Å². The highest BCUT2D eigenvalue weighted by Crippen LogP contribution is 2.49. The standard InChI is InChI=1S/C31H35N3O2/c1-21-10-11-25(36-20-24-12-16-34(24)2)19-27(21)30(35)33-31(13-14-31)28-17-23(22-7-4-3-5-8-22)18-29-26(28)9-6-15-32-29/h6-7,9-11,15,17-19,24H,3-5,8,12-14,16,20H2,1-2H3,(H,33,35)/t24-/m0/s1. The molecule has 1 amide bonds. The molecule has 0 spiro atoms. The molecule has 2 heterocycles. The van der Waals surface area contributed by atoms with E-state index in [0.29, 0.717) is 18.2 Å². The highest BCUT2D eigenvalue weighted by Gasteiger charge is 2.47. The number of nitrogens with one attached hydrogen (secondary N) is 1. The van der Waals surface area contributed by atoms with Crippen LogP contribution in [0.15, 0.2) is 54.7 Å². The SMILES string of the molecule is Cc1ccc(OC[C@@H]2CCN2C)cc1C(=O)NC1(c2cc(C3=CCCCC3)cc3ncccc23)CC1. The molecule has 186 valence electrons. The Morgan fingerprint density at radius 1 is 1.19 bits per heavy atom. The van der Waals surface area contributed by atoms with Gasteiger partial charge in [-0.3, -0.25) is 14.7 Å². The number of allylic oxidation sites excluding steroid dienone is 2. The number of ether oxygens (including phenoxy) is 1. The summed E-state index contributed by atoms with van der Waals surface area (Å²) in [6, 6.07) is 15.0. The number of likely N-dealkylation sites (N-methyl/N-ethyl adjacent to an activating group) is 1. The molecule has 5 heteroatoms. The Labute approximate surface area is 213 Å². The van der Waals surface area contributed by atoms with Crippen LogP contribution < -0.4 is 10.1 Å². The second-order valence-corrected chi connectivity index (χ2v) is 10.8. The van der Waals surface area contributed by atoms with Gasteiger partial charge in [0.05, 0.1) is 11.1 Å². The fraction of sp³-hybridized carbons (Fsp3) is 0.419. The number of aromatic nitrogens is 1. The van der Waals surface area contributed by atoms with E-state index in [4.69, 9.17) is 9.72 Å². The van der Waals surface area contributed by atoms with Crippen molar-refractivity contribution < 1.29 is 9.53 Å². The maximum absolute atomic E-state index is 13.6. The molecule has 1 saturated heterocycles. The molecule has 1 saturated carbocycles. The maximum atomic E-state index is 13.6. The number of nitrogens with zero attached hydrogens (tertiary/aromatic N) is 2. The Balaban J connectivity index is 1.28. The first-order chi connectivity index (χ1) is 17.5. The smallest absolute Gasteiger partial charge is 0.252 e. The van der Waals surface area contributed by atoms with Gasteiger partial charge in [-0.2, -0.15) is 0 Å². The number of pyridine rings is 1. The van der Waals surface area contributed by atoms with Crippen molar-refractivity contribution in [1.29, 1.82) is 0 Å². The van der Waals surface area contributed by atoms with Crippen molar-refractivity contribution in [3.05, 3.63) is 77.0 Å². The van der Waals surface area contributed by atoms with Gasteiger partial charge >= 0.3 is 0 Å². The predicted molar refractivity (Wildman–Crippen MR) is 144 cm³/mol. The molecule has 3 aromatic rings. The molecule has 1 atom stereocenters. The fourth-order valence-electron chi connectivity index (χ4n) is 5.64. The minimum atomic E-state index is -0.346. The molecule has 2 fully saturated rings. The zero-order chi connectivity index (χ0) is 24.7.